The minimum absolute atomic E-state index is 0.0514. The molecule has 2 rings (SSSR count). The van der Waals surface area contributed by atoms with Gasteiger partial charge in [-0.05, 0) is 0 Å². The van der Waals surface area contributed by atoms with Gasteiger partial charge in [-0.2, -0.15) is 0 Å². The van der Waals surface area contributed by atoms with Crippen molar-refractivity contribution < 1.29 is 9.59 Å². The van der Waals surface area contributed by atoms with Crippen molar-refractivity contribution in [3.63, 3.8) is 0 Å². The Morgan fingerprint density at radius 3 is 2.52 bits per heavy atom. The first-order valence-corrected chi connectivity index (χ1v) is 7.75. The average molecular weight is 311 g/mol. The zero-order valence-electron chi connectivity index (χ0n) is 12.4. The van der Waals surface area contributed by atoms with E-state index in [-0.39, 0.29) is 11.8 Å². The van der Waals surface area contributed by atoms with Crippen molar-refractivity contribution in [1.82, 2.24) is 19.7 Å². The van der Waals surface area contributed by atoms with Gasteiger partial charge in [0.2, 0.25) is 5.91 Å². The number of aromatic nitrogens is 1. The van der Waals surface area contributed by atoms with Crippen molar-refractivity contribution in [2.75, 3.05) is 46.8 Å². The molecular formula is C13H21N5O2S. The van der Waals surface area contributed by atoms with Crippen molar-refractivity contribution in [2.24, 2.45) is 5.73 Å². The van der Waals surface area contributed by atoms with Crippen LogP contribution in [0, 0.1) is 0 Å². The predicted molar refractivity (Wildman–Crippen MR) is 81.0 cm³/mol. The van der Waals surface area contributed by atoms with Gasteiger partial charge in [-0.1, -0.05) is 0 Å². The number of hydrogen-bond acceptors (Lipinski definition) is 6. The monoisotopic (exact) mass is 311 g/mol. The molecule has 1 aromatic heterocycles. The summed E-state index contributed by atoms with van der Waals surface area (Å²) in [4.78, 5) is 33.6. The second-order valence-electron chi connectivity index (χ2n) is 5.19. The number of piperazine rings is 1. The maximum absolute atomic E-state index is 12.3. The van der Waals surface area contributed by atoms with Gasteiger partial charge in [0, 0.05) is 52.2 Å². The number of carbonyl (C=O) groups excluding carboxylic acids is 2. The topological polar surface area (TPSA) is 82.8 Å². The van der Waals surface area contributed by atoms with E-state index < -0.39 is 0 Å². The number of nitrogens with zero attached hydrogens (tertiary/aromatic N) is 4. The molecule has 0 aliphatic carbocycles. The molecule has 0 aromatic carbocycles. The molecule has 1 fully saturated rings. The van der Waals surface area contributed by atoms with E-state index in [1.54, 1.807) is 29.3 Å². The summed E-state index contributed by atoms with van der Waals surface area (Å²) in [5.41, 5.74) is 5.98. The molecular weight excluding hydrogens is 290 g/mol. The summed E-state index contributed by atoms with van der Waals surface area (Å²) >= 11 is 1.41. The molecule has 2 heterocycles. The summed E-state index contributed by atoms with van der Waals surface area (Å²) in [5.74, 6) is 0.0337. The Labute approximate surface area is 128 Å². The highest BCUT2D eigenvalue weighted by Gasteiger charge is 2.24. The Hall–Kier alpha value is -1.51. The molecule has 116 valence electrons. The lowest BCUT2D eigenvalue weighted by molar-refractivity contribution is -0.130. The second-order valence-corrected chi connectivity index (χ2v) is 6.13. The lowest BCUT2D eigenvalue weighted by Crippen LogP contribution is -2.51. The van der Waals surface area contributed by atoms with Crippen LogP contribution in [-0.4, -0.2) is 78.3 Å². The molecule has 0 bridgehead atoms. The summed E-state index contributed by atoms with van der Waals surface area (Å²) in [6.07, 6.45) is 0. The van der Waals surface area contributed by atoms with E-state index in [4.69, 9.17) is 5.73 Å². The molecule has 1 saturated heterocycles. The summed E-state index contributed by atoms with van der Waals surface area (Å²) in [6.45, 7) is 3.42. The molecule has 0 saturated carbocycles. The van der Waals surface area contributed by atoms with Crippen LogP contribution < -0.4 is 5.73 Å². The number of nitrogens with two attached hydrogens (primary N) is 1. The van der Waals surface area contributed by atoms with E-state index in [2.05, 4.69) is 9.88 Å². The first-order valence-electron chi connectivity index (χ1n) is 6.87. The highest BCUT2D eigenvalue weighted by molar-refractivity contribution is 7.09. The van der Waals surface area contributed by atoms with Gasteiger partial charge in [-0.3, -0.25) is 14.5 Å². The Morgan fingerprint density at radius 2 is 2.00 bits per heavy atom. The number of rotatable bonds is 4. The molecule has 1 aromatic rings. The molecule has 1 aliphatic rings. The molecule has 7 nitrogen and oxygen atoms in total. The van der Waals surface area contributed by atoms with Crippen LogP contribution in [-0.2, 0) is 11.3 Å². The fraction of sp³-hybridized carbons (Fsp3) is 0.615. The highest BCUT2D eigenvalue weighted by atomic mass is 32.1. The molecule has 8 heteroatoms. The number of thiazole rings is 1. The van der Waals surface area contributed by atoms with Gasteiger partial charge < -0.3 is 15.5 Å². The maximum atomic E-state index is 12.3. The summed E-state index contributed by atoms with van der Waals surface area (Å²) in [6, 6.07) is 0. The van der Waals surface area contributed by atoms with Gasteiger partial charge in [0.1, 0.15) is 10.7 Å². The normalized spacial score (nSPS) is 16.0. The molecule has 2 amide bonds. The number of amides is 2. The highest BCUT2D eigenvalue weighted by Crippen LogP contribution is 2.13. The molecule has 1 aliphatic heterocycles. The fourth-order valence-electron chi connectivity index (χ4n) is 2.11. The second kappa shape index (κ2) is 6.97. The van der Waals surface area contributed by atoms with E-state index in [0.717, 1.165) is 5.01 Å². The van der Waals surface area contributed by atoms with Crippen molar-refractivity contribution in [1.29, 1.82) is 0 Å². The maximum Gasteiger partial charge on any atom is 0.273 e. The zero-order chi connectivity index (χ0) is 15.4. The van der Waals surface area contributed by atoms with Crippen LogP contribution in [0.5, 0.6) is 0 Å². The van der Waals surface area contributed by atoms with E-state index >= 15 is 0 Å². The van der Waals surface area contributed by atoms with Crippen LogP contribution in [0.15, 0.2) is 5.38 Å². The van der Waals surface area contributed by atoms with Gasteiger partial charge in [-0.15, -0.1) is 11.3 Å². The predicted octanol–water partition coefficient (Wildman–Crippen LogP) is -0.552. The van der Waals surface area contributed by atoms with Crippen molar-refractivity contribution in [2.45, 2.75) is 6.54 Å². The molecule has 0 atom stereocenters. The third kappa shape index (κ3) is 3.99. The SMILES string of the molecule is CN(C)C(=O)CN1CCN(C(=O)c2csc(CN)n2)CC1. The Morgan fingerprint density at radius 1 is 1.33 bits per heavy atom. The van der Waals surface area contributed by atoms with Crippen LogP contribution in [0.2, 0.25) is 0 Å². The Bertz CT molecular complexity index is 508. The summed E-state index contributed by atoms with van der Waals surface area (Å²) in [7, 11) is 3.50. The van der Waals surface area contributed by atoms with Gasteiger partial charge >= 0.3 is 0 Å². The molecule has 0 radical (unpaired) electrons. The molecule has 2 N–H and O–H groups in total. The lowest BCUT2D eigenvalue weighted by atomic mass is 10.3. The molecule has 0 unspecified atom stereocenters. The number of hydrogen-bond donors (Lipinski definition) is 1. The van der Waals surface area contributed by atoms with Crippen LogP contribution in [0.25, 0.3) is 0 Å². The molecule has 0 spiro atoms. The largest absolute Gasteiger partial charge is 0.348 e. The third-order valence-electron chi connectivity index (χ3n) is 3.46. The van der Waals surface area contributed by atoms with E-state index in [0.29, 0.717) is 45.0 Å². The van der Waals surface area contributed by atoms with Crippen LogP contribution >= 0.6 is 11.3 Å². The number of carbonyl (C=O) groups is 2. The third-order valence-corrected chi connectivity index (χ3v) is 4.33. The van der Waals surface area contributed by atoms with Crippen molar-refractivity contribution in [3.8, 4) is 0 Å². The van der Waals surface area contributed by atoms with Crippen LogP contribution in [0.4, 0.5) is 0 Å². The minimum Gasteiger partial charge on any atom is -0.348 e. The smallest absolute Gasteiger partial charge is 0.273 e. The Balaban J connectivity index is 1.86. The van der Waals surface area contributed by atoms with Gasteiger partial charge in [0.25, 0.3) is 5.91 Å². The van der Waals surface area contributed by atoms with E-state index in [1.807, 2.05) is 0 Å². The van der Waals surface area contributed by atoms with Gasteiger partial charge in [0.05, 0.1) is 6.54 Å². The van der Waals surface area contributed by atoms with Crippen molar-refractivity contribution in [3.05, 3.63) is 16.1 Å². The minimum atomic E-state index is -0.0514. The first-order chi connectivity index (χ1) is 10.0. The van der Waals surface area contributed by atoms with Crippen molar-refractivity contribution >= 4 is 23.2 Å². The summed E-state index contributed by atoms with van der Waals surface area (Å²) < 4.78 is 0. The number of likely N-dealkylation sites (N-methyl/N-ethyl adjacent to an activating group) is 1. The first kappa shape index (κ1) is 15.9. The van der Waals surface area contributed by atoms with Gasteiger partial charge in [-0.25, -0.2) is 4.98 Å². The lowest BCUT2D eigenvalue weighted by Gasteiger charge is -2.34. The van der Waals surface area contributed by atoms with E-state index in [9.17, 15) is 9.59 Å². The average Bonchev–Trinajstić information content (AvgIpc) is 2.96. The molecule has 21 heavy (non-hydrogen) atoms. The standard InChI is InChI=1S/C13H21N5O2S/c1-16(2)12(19)8-17-3-5-18(6-4-17)13(20)10-9-21-11(7-14)15-10/h9H,3-8,14H2,1-2H3. The zero-order valence-corrected chi connectivity index (χ0v) is 13.2. The van der Waals surface area contributed by atoms with E-state index in [1.165, 1.54) is 11.3 Å². The fourth-order valence-corrected chi connectivity index (χ4v) is 2.76. The van der Waals surface area contributed by atoms with Crippen LogP contribution in [0.1, 0.15) is 15.5 Å². The quantitative estimate of drug-likeness (QED) is 0.806. The van der Waals surface area contributed by atoms with Gasteiger partial charge in [0.15, 0.2) is 0 Å². The van der Waals surface area contributed by atoms with Crippen LogP contribution in [0.3, 0.4) is 0 Å². The summed E-state index contributed by atoms with van der Waals surface area (Å²) in [5, 5.41) is 2.53. The Kier molecular flexibility index (Phi) is 5.27.